The van der Waals surface area contributed by atoms with Crippen molar-refractivity contribution in [3.05, 3.63) is 17.7 Å². The van der Waals surface area contributed by atoms with Crippen LogP contribution in [0.25, 0.3) is 0 Å². The highest BCUT2D eigenvalue weighted by Gasteiger charge is 2.28. The van der Waals surface area contributed by atoms with Crippen molar-refractivity contribution in [1.82, 2.24) is 0 Å². The first-order valence-corrected chi connectivity index (χ1v) is 5.45. The second-order valence-electron chi connectivity index (χ2n) is 3.95. The van der Waals surface area contributed by atoms with E-state index in [4.69, 9.17) is 24.4 Å². The van der Waals surface area contributed by atoms with Gasteiger partial charge in [0, 0.05) is 12.5 Å². The van der Waals surface area contributed by atoms with Gasteiger partial charge in [-0.15, -0.1) is 0 Å². The number of hydrogen-bond acceptors (Lipinski definition) is 5. The van der Waals surface area contributed by atoms with Crippen molar-refractivity contribution in [2.45, 2.75) is 6.42 Å². The molecule has 1 aliphatic rings. The second-order valence-corrected chi connectivity index (χ2v) is 3.95. The van der Waals surface area contributed by atoms with Crippen molar-refractivity contribution in [2.75, 3.05) is 13.9 Å². The Kier molecular flexibility index (Phi) is 3.46. The molecule has 2 rings (SSSR count). The molecule has 0 unspecified atom stereocenters. The predicted molar refractivity (Wildman–Crippen MR) is 61.6 cm³/mol. The standard InChI is InChI=1S/C12H12O7/c1-17-8-4-10-9(18-5-19-10)3-6(8)2-7(11(13)14)12(15)16/h3-4,7H,2,5H2,1H3,(H,13,14)(H,15,16). The van der Waals surface area contributed by atoms with Crippen molar-refractivity contribution < 1.29 is 34.0 Å². The highest BCUT2D eigenvalue weighted by atomic mass is 16.7. The van der Waals surface area contributed by atoms with Crippen LogP contribution in [0.15, 0.2) is 12.1 Å². The molecule has 0 bridgehead atoms. The number of carbonyl (C=O) groups is 2. The van der Waals surface area contributed by atoms with Crippen molar-refractivity contribution in [3.8, 4) is 17.2 Å². The Morgan fingerprint density at radius 2 is 1.84 bits per heavy atom. The maximum atomic E-state index is 10.9. The third-order valence-electron chi connectivity index (χ3n) is 2.80. The molecule has 0 saturated heterocycles. The molecule has 0 radical (unpaired) electrons. The molecular weight excluding hydrogens is 256 g/mol. The average Bonchev–Trinajstić information content (AvgIpc) is 2.80. The highest BCUT2D eigenvalue weighted by Crippen LogP contribution is 2.38. The summed E-state index contributed by atoms with van der Waals surface area (Å²) >= 11 is 0. The lowest BCUT2D eigenvalue weighted by molar-refractivity contribution is -0.154. The summed E-state index contributed by atoms with van der Waals surface area (Å²) in [6.45, 7) is 0.0726. The van der Waals surface area contributed by atoms with Gasteiger partial charge in [0.05, 0.1) is 7.11 Å². The maximum Gasteiger partial charge on any atom is 0.318 e. The molecule has 7 heteroatoms. The molecule has 1 heterocycles. The van der Waals surface area contributed by atoms with Crippen molar-refractivity contribution in [3.63, 3.8) is 0 Å². The van der Waals surface area contributed by atoms with Crippen molar-refractivity contribution in [1.29, 1.82) is 0 Å². The van der Waals surface area contributed by atoms with Gasteiger partial charge in [0.2, 0.25) is 6.79 Å². The van der Waals surface area contributed by atoms with E-state index in [0.717, 1.165) is 0 Å². The minimum Gasteiger partial charge on any atom is -0.496 e. The van der Waals surface area contributed by atoms with Crippen LogP contribution in [0.4, 0.5) is 0 Å². The van der Waals surface area contributed by atoms with Crippen LogP contribution in [0.1, 0.15) is 5.56 Å². The van der Waals surface area contributed by atoms with Crippen molar-refractivity contribution in [2.24, 2.45) is 5.92 Å². The Bertz CT molecular complexity index is 509. The van der Waals surface area contributed by atoms with Gasteiger partial charge in [-0.1, -0.05) is 0 Å². The Morgan fingerprint density at radius 3 is 2.37 bits per heavy atom. The van der Waals surface area contributed by atoms with Gasteiger partial charge in [-0.05, 0) is 11.6 Å². The van der Waals surface area contributed by atoms with Gasteiger partial charge in [-0.3, -0.25) is 9.59 Å². The molecule has 0 atom stereocenters. The number of fused-ring (bicyclic) bond motifs is 1. The number of ether oxygens (including phenoxy) is 3. The molecule has 0 spiro atoms. The van der Waals surface area contributed by atoms with E-state index in [1.165, 1.54) is 7.11 Å². The summed E-state index contributed by atoms with van der Waals surface area (Å²) in [7, 11) is 1.41. The molecule has 0 fully saturated rings. The number of benzene rings is 1. The van der Waals surface area contributed by atoms with Crippen LogP contribution >= 0.6 is 0 Å². The number of aliphatic carboxylic acids is 2. The summed E-state index contributed by atoms with van der Waals surface area (Å²) in [4.78, 5) is 21.8. The fraction of sp³-hybridized carbons (Fsp3) is 0.333. The number of methoxy groups -OCH3 is 1. The molecule has 0 aromatic heterocycles. The molecule has 102 valence electrons. The predicted octanol–water partition coefficient (Wildman–Crippen LogP) is 0.752. The van der Waals surface area contributed by atoms with Crippen LogP contribution in [0.5, 0.6) is 17.2 Å². The molecule has 0 aliphatic carbocycles. The zero-order valence-electron chi connectivity index (χ0n) is 10.1. The molecule has 1 aromatic rings. The van der Waals surface area contributed by atoms with E-state index in [0.29, 0.717) is 22.8 Å². The van der Waals surface area contributed by atoms with E-state index in [-0.39, 0.29) is 13.2 Å². The largest absolute Gasteiger partial charge is 0.496 e. The Balaban J connectivity index is 2.33. The molecule has 1 aliphatic heterocycles. The lowest BCUT2D eigenvalue weighted by atomic mass is 9.98. The fourth-order valence-corrected chi connectivity index (χ4v) is 1.82. The highest BCUT2D eigenvalue weighted by molar-refractivity contribution is 5.93. The molecule has 7 nitrogen and oxygen atoms in total. The first-order valence-electron chi connectivity index (χ1n) is 5.45. The summed E-state index contributed by atoms with van der Waals surface area (Å²) in [6.07, 6.45) is -0.190. The number of carboxylic acid groups (broad SMARTS) is 2. The Labute approximate surface area is 108 Å². The Hall–Kier alpha value is -2.44. The number of rotatable bonds is 5. The summed E-state index contributed by atoms with van der Waals surface area (Å²) in [5, 5.41) is 17.8. The second kappa shape index (κ2) is 5.05. The number of carboxylic acids is 2. The lowest BCUT2D eigenvalue weighted by Gasteiger charge is -2.12. The van der Waals surface area contributed by atoms with E-state index in [1.807, 2.05) is 0 Å². The maximum absolute atomic E-state index is 10.9. The van der Waals surface area contributed by atoms with Gasteiger partial charge in [-0.2, -0.15) is 0 Å². The van der Waals surface area contributed by atoms with Gasteiger partial charge in [-0.25, -0.2) is 0 Å². The van der Waals surface area contributed by atoms with Crippen LogP contribution in [0.2, 0.25) is 0 Å². The molecular formula is C12H12O7. The smallest absolute Gasteiger partial charge is 0.318 e. The van der Waals surface area contributed by atoms with E-state index < -0.39 is 17.9 Å². The van der Waals surface area contributed by atoms with Gasteiger partial charge in [0.1, 0.15) is 5.75 Å². The van der Waals surface area contributed by atoms with Gasteiger partial charge in [0.15, 0.2) is 17.4 Å². The van der Waals surface area contributed by atoms with Gasteiger partial charge < -0.3 is 24.4 Å². The summed E-state index contributed by atoms with van der Waals surface area (Å²) in [6, 6.07) is 3.10. The van der Waals surface area contributed by atoms with E-state index in [9.17, 15) is 9.59 Å². The molecule has 0 saturated carbocycles. The zero-order chi connectivity index (χ0) is 14.0. The Morgan fingerprint density at radius 1 is 1.26 bits per heavy atom. The normalized spacial score (nSPS) is 12.5. The third kappa shape index (κ3) is 2.54. The van der Waals surface area contributed by atoms with E-state index in [1.54, 1.807) is 12.1 Å². The molecule has 0 amide bonds. The molecule has 2 N–H and O–H groups in total. The van der Waals surface area contributed by atoms with Crippen molar-refractivity contribution >= 4 is 11.9 Å². The van der Waals surface area contributed by atoms with E-state index in [2.05, 4.69) is 0 Å². The van der Waals surface area contributed by atoms with Crippen LogP contribution in [-0.2, 0) is 16.0 Å². The first kappa shape index (κ1) is 13.0. The van der Waals surface area contributed by atoms with Crippen LogP contribution in [-0.4, -0.2) is 36.1 Å². The molecule has 19 heavy (non-hydrogen) atoms. The minimum absolute atomic E-state index is 0.0726. The van der Waals surface area contributed by atoms with Crippen LogP contribution in [0, 0.1) is 5.92 Å². The summed E-state index contributed by atoms with van der Waals surface area (Å²) in [5.74, 6) is -3.02. The monoisotopic (exact) mass is 268 g/mol. The topological polar surface area (TPSA) is 102 Å². The van der Waals surface area contributed by atoms with E-state index >= 15 is 0 Å². The lowest BCUT2D eigenvalue weighted by Crippen LogP contribution is -2.25. The average molecular weight is 268 g/mol. The third-order valence-corrected chi connectivity index (χ3v) is 2.80. The number of hydrogen-bond donors (Lipinski definition) is 2. The molecule has 1 aromatic carbocycles. The zero-order valence-corrected chi connectivity index (χ0v) is 10.1. The fourth-order valence-electron chi connectivity index (χ4n) is 1.82. The van der Waals surface area contributed by atoms with Gasteiger partial charge >= 0.3 is 11.9 Å². The SMILES string of the molecule is COc1cc2c(cc1CC(C(=O)O)C(=O)O)OCO2. The quantitative estimate of drug-likeness (QED) is 0.759. The minimum atomic E-state index is -1.53. The summed E-state index contributed by atoms with van der Waals surface area (Å²) in [5.41, 5.74) is 0.446. The van der Waals surface area contributed by atoms with Crippen LogP contribution in [0.3, 0.4) is 0 Å². The first-order chi connectivity index (χ1) is 9.02. The van der Waals surface area contributed by atoms with Gasteiger partial charge in [0.25, 0.3) is 0 Å². The van der Waals surface area contributed by atoms with Crippen LogP contribution < -0.4 is 14.2 Å². The summed E-state index contributed by atoms with van der Waals surface area (Å²) < 4.78 is 15.4.